The molecular weight excluding hydrogens is 498 g/mol. The van der Waals surface area contributed by atoms with Gasteiger partial charge in [-0.2, -0.15) is 5.26 Å². The zero-order valence-electron chi connectivity index (χ0n) is 22.6. The van der Waals surface area contributed by atoms with Gasteiger partial charge in [-0.05, 0) is 48.6 Å². The molecule has 1 fully saturated rings. The summed E-state index contributed by atoms with van der Waals surface area (Å²) < 4.78 is 0. The summed E-state index contributed by atoms with van der Waals surface area (Å²) in [5.74, 6) is -0.813. The van der Waals surface area contributed by atoms with Crippen molar-refractivity contribution in [1.29, 1.82) is 5.26 Å². The molecule has 1 saturated heterocycles. The van der Waals surface area contributed by atoms with E-state index in [4.69, 9.17) is 5.26 Å². The van der Waals surface area contributed by atoms with E-state index in [9.17, 15) is 9.59 Å². The van der Waals surface area contributed by atoms with Crippen molar-refractivity contribution in [3.8, 4) is 6.07 Å². The number of imidazole rings is 1. The van der Waals surface area contributed by atoms with E-state index in [0.29, 0.717) is 31.5 Å². The van der Waals surface area contributed by atoms with Gasteiger partial charge in [-0.25, -0.2) is 4.98 Å². The van der Waals surface area contributed by atoms with Crippen LogP contribution in [0.5, 0.6) is 0 Å². The number of hydrogen-bond acceptors (Lipinski definition) is 4. The van der Waals surface area contributed by atoms with E-state index in [1.807, 2.05) is 84.6 Å². The fourth-order valence-electron chi connectivity index (χ4n) is 5.59. The van der Waals surface area contributed by atoms with Gasteiger partial charge in [0.1, 0.15) is 0 Å². The maximum Gasteiger partial charge on any atom is 0.234 e. The van der Waals surface area contributed by atoms with Crippen molar-refractivity contribution in [2.45, 2.75) is 37.6 Å². The average molecular weight is 532 g/mol. The Morgan fingerprint density at radius 1 is 1.05 bits per heavy atom. The van der Waals surface area contributed by atoms with Crippen molar-refractivity contribution in [3.05, 3.63) is 125 Å². The third kappa shape index (κ3) is 5.97. The molecule has 1 aliphatic rings. The number of amides is 2. The van der Waals surface area contributed by atoms with Crippen LogP contribution < -0.4 is 5.32 Å². The van der Waals surface area contributed by atoms with Gasteiger partial charge in [0, 0.05) is 19.5 Å². The molecule has 1 aliphatic heterocycles. The largest absolute Gasteiger partial charge is 0.347 e. The lowest BCUT2D eigenvalue weighted by Gasteiger charge is -2.37. The molecule has 7 nitrogen and oxygen atoms in total. The molecule has 2 atom stereocenters. The number of piperidine rings is 1. The quantitative estimate of drug-likeness (QED) is 0.337. The van der Waals surface area contributed by atoms with Crippen molar-refractivity contribution < 1.29 is 9.59 Å². The minimum Gasteiger partial charge on any atom is -0.347 e. The maximum absolute atomic E-state index is 14.0. The molecule has 1 aromatic heterocycles. The van der Waals surface area contributed by atoms with Crippen LogP contribution >= 0.6 is 0 Å². The van der Waals surface area contributed by atoms with E-state index in [0.717, 1.165) is 28.8 Å². The molecule has 3 aromatic carbocycles. The number of aromatic nitrogens is 2. The predicted octanol–water partition coefficient (Wildman–Crippen LogP) is 4.93. The second-order valence-corrected chi connectivity index (χ2v) is 10.6. The van der Waals surface area contributed by atoms with Gasteiger partial charge in [0.15, 0.2) is 0 Å². The predicted molar refractivity (Wildman–Crippen MR) is 153 cm³/mol. The molecule has 2 amide bonds. The highest BCUT2D eigenvalue weighted by atomic mass is 16.2. The van der Waals surface area contributed by atoms with E-state index >= 15 is 0 Å². The summed E-state index contributed by atoms with van der Waals surface area (Å²) >= 11 is 0. The molecule has 7 heteroatoms. The van der Waals surface area contributed by atoms with Crippen LogP contribution in [0.2, 0.25) is 0 Å². The lowest BCUT2D eigenvalue weighted by Crippen LogP contribution is -2.52. The number of carbonyl (C=O) groups is 2. The number of hydrogen-bond donors (Lipinski definition) is 2. The van der Waals surface area contributed by atoms with Crippen LogP contribution in [0.1, 0.15) is 53.6 Å². The molecule has 202 valence electrons. The maximum atomic E-state index is 14.0. The second kappa shape index (κ2) is 12.0. The lowest BCUT2D eigenvalue weighted by atomic mass is 9.86. The number of rotatable bonds is 8. The van der Waals surface area contributed by atoms with Crippen LogP contribution in [0.4, 0.5) is 0 Å². The Morgan fingerprint density at radius 2 is 1.70 bits per heavy atom. The van der Waals surface area contributed by atoms with Crippen LogP contribution in [0.15, 0.2) is 97.5 Å². The minimum absolute atomic E-state index is 0.0174. The zero-order valence-corrected chi connectivity index (χ0v) is 22.6. The molecule has 0 bridgehead atoms. The lowest BCUT2D eigenvalue weighted by molar-refractivity contribution is -0.136. The van der Waals surface area contributed by atoms with Crippen LogP contribution in [0.3, 0.4) is 0 Å². The Hall–Kier alpha value is -4.70. The summed E-state index contributed by atoms with van der Waals surface area (Å²) in [6, 6.07) is 29.2. The van der Waals surface area contributed by atoms with Crippen LogP contribution in [-0.2, 0) is 21.5 Å². The first-order valence-electron chi connectivity index (χ1n) is 13.7. The van der Waals surface area contributed by atoms with E-state index < -0.39 is 11.5 Å². The molecule has 0 saturated carbocycles. The Kier molecular flexibility index (Phi) is 8.07. The Bertz CT molecular complexity index is 1420. The van der Waals surface area contributed by atoms with E-state index in [1.165, 1.54) is 0 Å². The summed E-state index contributed by atoms with van der Waals surface area (Å²) in [7, 11) is 0. The number of benzene rings is 3. The van der Waals surface area contributed by atoms with Gasteiger partial charge in [0.2, 0.25) is 11.8 Å². The van der Waals surface area contributed by atoms with Crippen molar-refractivity contribution >= 4 is 11.8 Å². The molecule has 1 unspecified atom stereocenters. The van der Waals surface area contributed by atoms with Gasteiger partial charge in [-0.15, -0.1) is 0 Å². The molecule has 0 aliphatic carbocycles. The van der Waals surface area contributed by atoms with Gasteiger partial charge in [-0.1, -0.05) is 72.8 Å². The Balaban J connectivity index is 1.34. The first-order chi connectivity index (χ1) is 19.5. The third-order valence-electron chi connectivity index (χ3n) is 7.75. The summed E-state index contributed by atoms with van der Waals surface area (Å²) in [6.45, 7) is 2.97. The van der Waals surface area contributed by atoms with Crippen molar-refractivity contribution in [1.82, 2.24) is 20.2 Å². The number of H-pyrrole nitrogens is 1. The van der Waals surface area contributed by atoms with Crippen LogP contribution in [0.25, 0.3) is 0 Å². The number of carbonyl (C=O) groups excluding carboxylic acids is 2. The number of aromatic amines is 1. The fourth-order valence-corrected chi connectivity index (χ4v) is 5.59. The summed E-state index contributed by atoms with van der Waals surface area (Å²) in [5, 5.41) is 12.4. The summed E-state index contributed by atoms with van der Waals surface area (Å²) in [4.78, 5) is 36.9. The molecule has 2 N–H and O–H groups in total. The van der Waals surface area contributed by atoms with Crippen molar-refractivity contribution in [2.24, 2.45) is 5.92 Å². The zero-order chi connectivity index (χ0) is 28.0. The second-order valence-electron chi connectivity index (χ2n) is 10.6. The Labute approximate surface area is 234 Å². The highest BCUT2D eigenvalue weighted by molar-refractivity contribution is 5.88. The number of nitrogens with one attached hydrogen (secondary N) is 2. The average Bonchev–Trinajstić information content (AvgIpc) is 3.55. The molecule has 0 radical (unpaired) electrons. The van der Waals surface area contributed by atoms with Gasteiger partial charge >= 0.3 is 0 Å². The van der Waals surface area contributed by atoms with Gasteiger partial charge in [-0.3, -0.25) is 9.59 Å². The fraction of sp³-hybridized carbons (Fsp3) is 0.273. The summed E-state index contributed by atoms with van der Waals surface area (Å²) in [5.41, 5.74) is 3.52. The minimum atomic E-state index is -0.745. The Morgan fingerprint density at radius 3 is 2.27 bits per heavy atom. The highest BCUT2D eigenvalue weighted by Crippen LogP contribution is 2.30. The summed E-state index contributed by atoms with van der Waals surface area (Å²) in [6.07, 6.45) is 5.33. The van der Waals surface area contributed by atoms with Crippen molar-refractivity contribution in [3.63, 3.8) is 0 Å². The van der Waals surface area contributed by atoms with Gasteiger partial charge < -0.3 is 15.2 Å². The topological polar surface area (TPSA) is 102 Å². The number of likely N-dealkylation sites (tertiary alicyclic amines) is 1. The monoisotopic (exact) mass is 531 g/mol. The molecule has 2 heterocycles. The van der Waals surface area contributed by atoms with Gasteiger partial charge in [0.25, 0.3) is 0 Å². The number of nitriles is 1. The molecule has 40 heavy (non-hydrogen) atoms. The normalized spacial score (nSPS) is 16.6. The van der Waals surface area contributed by atoms with E-state index in [2.05, 4.69) is 21.4 Å². The van der Waals surface area contributed by atoms with E-state index in [1.54, 1.807) is 24.7 Å². The molecule has 0 spiro atoms. The molecule has 4 aromatic rings. The van der Waals surface area contributed by atoms with Gasteiger partial charge in [0.05, 0.1) is 47.2 Å². The SMILES string of the molecule is CC(Cc1ccc(C#N)cc1)(NC(=O)[C@H]1CCCN(C(=O)C(c2ccccc2)c2ccccc2)C1)c1cnc[nH]1. The van der Waals surface area contributed by atoms with E-state index in [-0.39, 0.29) is 17.7 Å². The van der Waals surface area contributed by atoms with Crippen LogP contribution in [0, 0.1) is 17.2 Å². The van der Waals surface area contributed by atoms with Crippen molar-refractivity contribution in [2.75, 3.05) is 13.1 Å². The van der Waals surface area contributed by atoms with Crippen LogP contribution in [-0.4, -0.2) is 39.8 Å². The standard InChI is InChI=1S/C33H33N5O2/c1-33(29-21-35-23-36-29,19-24-14-16-25(20-34)17-15-24)37-31(39)28-13-8-18-38(22-28)32(40)30(26-9-4-2-5-10-26)27-11-6-3-7-12-27/h2-7,9-12,14-17,21,23,28,30H,8,13,18-19,22H2,1H3,(H,35,36)(H,37,39)/t28-,33?/m0/s1. The smallest absolute Gasteiger partial charge is 0.234 e. The third-order valence-corrected chi connectivity index (χ3v) is 7.75. The first-order valence-corrected chi connectivity index (χ1v) is 13.7. The molecule has 5 rings (SSSR count). The molecular formula is C33H33N5O2. The highest BCUT2D eigenvalue weighted by Gasteiger charge is 2.37. The number of nitrogens with zero attached hydrogens (tertiary/aromatic N) is 3. The first kappa shape index (κ1) is 26.9.